The largest absolute Gasteiger partial charge is 0.497 e. The molecule has 2 N–H and O–H groups in total. The van der Waals surface area contributed by atoms with Gasteiger partial charge >= 0.3 is 0 Å². The summed E-state index contributed by atoms with van der Waals surface area (Å²) in [5, 5.41) is 3.65. The Hall–Kier alpha value is -3.49. The van der Waals surface area contributed by atoms with E-state index in [-0.39, 0.29) is 0 Å². The van der Waals surface area contributed by atoms with E-state index in [9.17, 15) is 4.39 Å². The van der Waals surface area contributed by atoms with Gasteiger partial charge in [0.05, 0.1) is 27.9 Å². The van der Waals surface area contributed by atoms with Gasteiger partial charge in [-0.1, -0.05) is 0 Å². The maximum absolute atomic E-state index is 14.0. The van der Waals surface area contributed by atoms with Gasteiger partial charge in [-0.25, -0.2) is 19.0 Å². The van der Waals surface area contributed by atoms with Crippen molar-refractivity contribution in [1.82, 2.24) is 9.66 Å². The summed E-state index contributed by atoms with van der Waals surface area (Å²) in [5.74, 6) is 1.89. The first kappa shape index (κ1) is 20.2. The number of aromatic nitrogens is 2. The van der Waals surface area contributed by atoms with Crippen LogP contribution in [-0.2, 0) is 6.54 Å². The Morgan fingerprint density at radius 3 is 2.41 bits per heavy atom. The predicted octanol–water partition coefficient (Wildman–Crippen LogP) is 2.52. The fourth-order valence-corrected chi connectivity index (χ4v) is 3.10. The minimum absolute atomic E-state index is 0.319. The first-order valence-corrected chi connectivity index (χ1v) is 8.93. The predicted molar refractivity (Wildman–Crippen MR) is 110 cm³/mol. The van der Waals surface area contributed by atoms with E-state index in [4.69, 9.17) is 14.2 Å². The first-order chi connectivity index (χ1) is 14.1. The highest BCUT2D eigenvalue weighted by atomic mass is 19.1. The third-order valence-corrected chi connectivity index (χ3v) is 4.50. The van der Waals surface area contributed by atoms with Crippen molar-refractivity contribution in [3.05, 3.63) is 47.3 Å². The lowest BCUT2D eigenvalue weighted by molar-refractivity contribution is 0.391. The van der Waals surface area contributed by atoms with E-state index in [1.807, 2.05) is 12.1 Å². The molecule has 3 rings (SSSR count). The van der Waals surface area contributed by atoms with Crippen molar-refractivity contribution in [3.8, 4) is 17.2 Å². The number of methoxy groups -OCH3 is 3. The Kier molecular flexibility index (Phi) is 6.06. The average molecular weight is 401 g/mol. The molecule has 2 aromatic carbocycles. The quantitative estimate of drug-likeness (QED) is 0.633. The number of rotatable bonds is 7. The van der Waals surface area contributed by atoms with Gasteiger partial charge in [0.15, 0.2) is 0 Å². The van der Waals surface area contributed by atoms with Crippen LogP contribution in [-0.4, -0.2) is 45.1 Å². The summed E-state index contributed by atoms with van der Waals surface area (Å²) >= 11 is 0. The van der Waals surface area contributed by atoms with Crippen LogP contribution < -0.4 is 30.6 Å². The molecule has 8 nitrogen and oxygen atoms in total. The van der Waals surface area contributed by atoms with Gasteiger partial charge in [0, 0.05) is 37.2 Å². The molecular formula is C20H24FN5O3. The molecule has 1 aromatic heterocycles. The lowest BCUT2D eigenvalue weighted by Crippen LogP contribution is -2.32. The third-order valence-electron chi connectivity index (χ3n) is 4.50. The highest BCUT2D eigenvalue weighted by molar-refractivity contribution is 5.93. The van der Waals surface area contributed by atoms with Gasteiger partial charge in [0.2, 0.25) is 5.62 Å². The van der Waals surface area contributed by atoms with Crippen LogP contribution in [0.4, 0.5) is 10.2 Å². The molecule has 0 amide bonds. The molecule has 1 heterocycles. The van der Waals surface area contributed by atoms with Crippen molar-refractivity contribution in [2.45, 2.75) is 6.54 Å². The van der Waals surface area contributed by atoms with Crippen LogP contribution >= 0.6 is 0 Å². The molecule has 0 unspecified atom stereocenters. The maximum Gasteiger partial charge on any atom is 0.246 e. The third kappa shape index (κ3) is 3.89. The summed E-state index contributed by atoms with van der Waals surface area (Å²) in [5.41, 5.74) is 4.80. The Morgan fingerprint density at radius 2 is 1.79 bits per heavy atom. The van der Waals surface area contributed by atoms with Crippen LogP contribution in [0.5, 0.6) is 17.2 Å². The second-order valence-corrected chi connectivity index (χ2v) is 6.07. The van der Waals surface area contributed by atoms with Crippen LogP contribution in [0.1, 0.15) is 5.56 Å². The molecule has 0 aliphatic rings. The van der Waals surface area contributed by atoms with Crippen LogP contribution in [0.2, 0.25) is 0 Å². The highest BCUT2D eigenvalue weighted by Gasteiger charge is 2.14. The summed E-state index contributed by atoms with van der Waals surface area (Å²) < 4.78 is 31.7. The number of halogens is 1. The van der Waals surface area contributed by atoms with E-state index >= 15 is 0 Å². The molecule has 0 saturated carbocycles. The normalized spacial score (nSPS) is 11.4. The van der Waals surface area contributed by atoms with Crippen LogP contribution in [0, 0.1) is 5.82 Å². The van der Waals surface area contributed by atoms with Crippen molar-refractivity contribution in [2.24, 2.45) is 4.99 Å². The van der Waals surface area contributed by atoms with Gasteiger partial charge in [-0.05, 0) is 18.2 Å². The van der Waals surface area contributed by atoms with Crippen LogP contribution in [0.15, 0.2) is 35.3 Å². The second-order valence-electron chi connectivity index (χ2n) is 6.07. The zero-order valence-corrected chi connectivity index (χ0v) is 17.0. The number of nitrogens with one attached hydrogen (secondary N) is 2. The van der Waals surface area contributed by atoms with Crippen molar-refractivity contribution in [2.75, 3.05) is 46.2 Å². The van der Waals surface area contributed by atoms with Gasteiger partial charge in [0.1, 0.15) is 34.4 Å². The Bertz CT molecular complexity index is 1100. The van der Waals surface area contributed by atoms with Crippen LogP contribution in [0.25, 0.3) is 10.9 Å². The lowest BCUT2D eigenvalue weighted by Gasteiger charge is -2.17. The number of ether oxygens (including phenoxy) is 3. The molecule has 0 spiro atoms. The zero-order valence-electron chi connectivity index (χ0n) is 17.0. The van der Waals surface area contributed by atoms with E-state index < -0.39 is 5.82 Å². The molecule has 3 aromatic rings. The molecule has 9 heteroatoms. The number of fused-ring (bicyclic) bond motifs is 1. The fraction of sp³-hybridized carbons (Fsp3) is 0.300. The Morgan fingerprint density at radius 1 is 1.03 bits per heavy atom. The molecule has 154 valence electrons. The molecule has 0 aliphatic heterocycles. The average Bonchev–Trinajstić information content (AvgIpc) is 2.75. The minimum atomic E-state index is -0.414. The van der Waals surface area contributed by atoms with E-state index in [1.165, 1.54) is 19.2 Å². The topological polar surface area (TPSA) is 81.9 Å². The maximum atomic E-state index is 14.0. The van der Waals surface area contributed by atoms with E-state index in [1.54, 1.807) is 39.1 Å². The zero-order chi connectivity index (χ0) is 21.0. The molecule has 0 aliphatic carbocycles. The summed E-state index contributed by atoms with van der Waals surface area (Å²) in [6.45, 7) is 0.319. The van der Waals surface area contributed by atoms with Crippen molar-refractivity contribution in [1.29, 1.82) is 0 Å². The lowest BCUT2D eigenvalue weighted by atomic mass is 10.2. The van der Waals surface area contributed by atoms with Crippen molar-refractivity contribution < 1.29 is 18.6 Å². The molecule has 0 radical (unpaired) electrons. The molecular weight excluding hydrogens is 377 g/mol. The highest BCUT2D eigenvalue weighted by Crippen LogP contribution is 2.29. The van der Waals surface area contributed by atoms with Gasteiger partial charge in [-0.3, -0.25) is 0 Å². The second kappa shape index (κ2) is 8.68. The number of hydrogen-bond donors (Lipinski definition) is 2. The summed E-state index contributed by atoms with van der Waals surface area (Å²) in [6.07, 6.45) is 0. The molecule has 0 bridgehead atoms. The van der Waals surface area contributed by atoms with Gasteiger partial charge < -0.3 is 25.0 Å². The Balaban J connectivity index is 2.20. The van der Waals surface area contributed by atoms with Gasteiger partial charge in [-0.2, -0.15) is 0 Å². The number of anilines is 1. The number of nitrogens with zero attached hydrogens (tertiary/aromatic N) is 3. The van der Waals surface area contributed by atoms with Crippen LogP contribution in [0.3, 0.4) is 0 Å². The summed E-state index contributed by atoms with van der Waals surface area (Å²) in [7, 11) is 8.16. The first-order valence-electron chi connectivity index (χ1n) is 8.93. The fourth-order valence-electron chi connectivity index (χ4n) is 3.10. The molecule has 0 saturated heterocycles. The summed E-state index contributed by atoms with van der Waals surface area (Å²) in [4.78, 5) is 9.25. The standard InChI is InChI=1S/C20H24FN5O3/c1-22-19-15-8-13(21)9-17(29-5)18(15)25-20(26(19)23-2)24-11-12-6-7-14(27-3)10-16(12)28-4/h6-10,22-23H,11H2,1-5H3. The number of benzene rings is 2. The van der Waals surface area contributed by atoms with Crippen molar-refractivity contribution >= 4 is 16.7 Å². The van der Waals surface area contributed by atoms with E-state index in [0.717, 1.165) is 5.56 Å². The molecule has 0 fully saturated rings. The molecule has 29 heavy (non-hydrogen) atoms. The Labute approximate surface area is 167 Å². The summed E-state index contributed by atoms with van der Waals surface area (Å²) in [6, 6.07) is 8.24. The van der Waals surface area contributed by atoms with Gasteiger partial charge in [0.25, 0.3) is 0 Å². The number of hydrogen-bond acceptors (Lipinski definition) is 7. The van der Waals surface area contributed by atoms with Gasteiger partial charge in [-0.15, -0.1) is 0 Å². The monoisotopic (exact) mass is 401 g/mol. The van der Waals surface area contributed by atoms with E-state index in [2.05, 4.69) is 20.7 Å². The minimum Gasteiger partial charge on any atom is -0.497 e. The van der Waals surface area contributed by atoms with E-state index in [0.29, 0.717) is 46.1 Å². The van der Waals surface area contributed by atoms with Crippen molar-refractivity contribution in [3.63, 3.8) is 0 Å². The SMILES string of the molecule is CNc1c2cc(F)cc(OC)c2nc(=NCc2ccc(OC)cc2OC)n1NC. The molecule has 0 atom stereocenters. The smallest absolute Gasteiger partial charge is 0.246 e.